The highest BCUT2D eigenvalue weighted by atomic mass is 16.5. The van der Waals surface area contributed by atoms with Gasteiger partial charge in [0.2, 0.25) is 5.82 Å². The zero-order valence-corrected chi connectivity index (χ0v) is 12.5. The molecular formula is C17H17N3O2. The van der Waals surface area contributed by atoms with Crippen LogP contribution >= 0.6 is 0 Å². The Morgan fingerprint density at radius 3 is 2.50 bits per heavy atom. The smallest absolute Gasteiger partial charge is 0.258 e. The fourth-order valence-corrected chi connectivity index (χ4v) is 2.13. The summed E-state index contributed by atoms with van der Waals surface area (Å²) in [6.45, 7) is 4.54. The lowest BCUT2D eigenvalue weighted by molar-refractivity contribution is 0.340. The van der Waals surface area contributed by atoms with E-state index < -0.39 is 0 Å². The van der Waals surface area contributed by atoms with E-state index >= 15 is 0 Å². The second-order valence-corrected chi connectivity index (χ2v) is 4.95. The molecule has 0 aliphatic heterocycles. The number of ether oxygens (including phenoxy) is 1. The van der Waals surface area contributed by atoms with E-state index in [-0.39, 0.29) is 0 Å². The second-order valence-electron chi connectivity index (χ2n) is 4.95. The van der Waals surface area contributed by atoms with Crippen molar-refractivity contribution in [2.45, 2.75) is 13.8 Å². The summed E-state index contributed by atoms with van der Waals surface area (Å²) in [5.74, 6) is 1.85. The van der Waals surface area contributed by atoms with Gasteiger partial charge in [0.25, 0.3) is 5.89 Å². The van der Waals surface area contributed by atoms with Crippen LogP contribution in [0, 0.1) is 6.92 Å². The van der Waals surface area contributed by atoms with E-state index in [4.69, 9.17) is 15.0 Å². The molecule has 1 heterocycles. The van der Waals surface area contributed by atoms with Gasteiger partial charge in [-0.3, -0.25) is 0 Å². The topological polar surface area (TPSA) is 74.2 Å². The van der Waals surface area contributed by atoms with Crippen LogP contribution in [-0.4, -0.2) is 16.7 Å². The van der Waals surface area contributed by atoms with Crippen LogP contribution in [0.3, 0.4) is 0 Å². The first kappa shape index (κ1) is 14.1. The lowest BCUT2D eigenvalue weighted by Crippen LogP contribution is -1.91. The van der Waals surface area contributed by atoms with Gasteiger partial charge in [-0.25, -0.2) is 0 Å². The van der Waals surface area contributed by atoms with Crippen molar-refractivity contribution in [1.29, 1.82) is 0 Å². The summed E-state index contributed by atoms with van der Waals surface area (Å²) in [6.07, 6.45) is 0. The van der Waals surface area contributed by atoms with Crippen LogP contribution in [0.2, 0.25) is 0 Å². The van der Waals surface area contributed by atoms with E-state index in [1.54, 1.807) is 0 Å². The molecule has 2 N–H and O–H groups in total. The van der Waals surface area contributed by atoms with Crippen molar-refractivity contribution < 1.29 is 9.26 Å². The summed E-state index contributed by atoms with van der Waals surface area (Å²) in [5, 5.41) is 4.03. The second kappa shape index (κ2) is 5.89. The average molecular weight is 295 g/mol. The molecule has 0 spiro atoms. The maximum atomic E-state index is 5.83. The number of aryl methyl sites for hydroxylation is 1. The van der Waals surface area contributed by atoms with Crippen molar-refractivity contribution in [3.8, 4) is 28.6 Å². The van der Waals surface area contributed by atoms with Crippen molar-refractivity contribution >= 4 is 5.69 Å². The molecule has 2 aromatic carbocycles. The molecule has 5 nitrogen and oxygen atoms in total. The molecule has 0 aliphatic rings. The summed E-state index contributed by atoms with van der Waals surface area (Å²) in [6, 6.07) is 13.2. The van der Waals surface area contributed by atoms with Gasteiger partial charge in [0.05, 0.1) is 6.61 Å². The van der Waals surface area contributed by atoms with E-state index in [9.17, 15) is 0 Å². The van der Waals surface area contributed by atoms with Gasteiger partial charge in [-0.05, 0) is 61.9 Å². The van der Waals surface area contributed by atoms with E-state index in [0.717, 1.165) is 28.1 Å². The number of nitrogen functional groups attached to an aromatic ring is 1. The van der Waals surface area contributed by atoms with Crippen LogP contribution in [0.4, 0.5) is 5.69 Å². The van der Waals surface area contributed by atoms with Crippen molar-refractivity contribution in [2.24, 2.45) is 0 Å². The molecule has 3 rings (SSSR count). The van der Waals surface area contributed by atoms with Crippen LogP contribution in [-0.2, 0) is 0 Å². The number of aromatic nitrogens is 2. The molecule has 0 fully saturated rings. The van der Waals surface area contributed by atoms with Gasteiger partial charge < -0.3 is 15.0 Å². The molecule has 1 aromatic heterocycles. The van der Waals surface area contributed by atoms with Crippen LogP contribution in [0.25, 0.3) is 22.8 Å². The number of anilines is 1. The third kappa shape index (κ3) is 2.79. The van der Waals surface area contributed by atoms with Gasteiger partial charge in [-0.1, -0.05) is 5.16 Å². The van der Waals surface area contributed by atoms with E-state index in [2.05, 4.69) is 10.1 Å². The zero-order chi connectivity index (χ0) is 15.5. The molecule has 22 heavy (non-hydrogen) atoms. The molecule has 3 aromatic rings. The van der Waals surface area contributed by atoms with Gasteiger partial charge in [-0.2, -0.15) is 4.98 Å². The lowest BCUT2D eigenvalue weighted by atomic mass is 10.1. The van der Waals surface area contributed by atoms with E-state index in [0.29, 0.717) is 18.3 Å². The van der Waals surface area contributed by atoms with Gasteiger partial charge >= 0.3 is 0 Å². The van der Waals surface area contributed by atoms with Crippen LogP contribution < -0.4 is 10.5 Å². The standard InChI is InChI=1S/C17H17N3O2/c1-3-21-14-7-4-12(5-8-14)17-19-16(20-22-17)13-6-9-15(18)11(2)10-13/h4-10H,3,18H2,1-2H3. The fourth-order valence-electron chi connectivity index (χ4n) is 2.13. The Balaban J connectivity index is 1.88. The predicted molar refractivity (Wildman–Crippen MR) is 85.5 cm³/mol. The summed E-state index contributed by atoms with van der Waals surface area (Å²) in [4.78, 5) is 4.44. The van der Waals surface area contributed by atoms with Crippen molar-refractivity contribution in [3.05, 3.63) is 48.0 Å². The molecule has 0 bridgehead atoms. The number of nitrogens with zero attached hydrogens (tertiary/aromatic N) is 2. The summed E-state index contributed by atoms with van der Waals surface area (Å²) in [5.41, 5.74) is 9.30. The Morgan fingerprint density at radius 1 is 1.09 bits per heavy atom. The van der Waals surface area contributed by atoms with Crippen molar-refractivity contribution in [1.82, 2.24) is 10.1 Å². The molecule has 0 amide bonds. The average Bonchev–Trinajstić information content (AvgIpc) is 3.01. The highest BCUT2D eigenvalue weighted by Gasteiger charge is 2.11. The Bertz CT molecular complexity index is 779. The molecule has 0 saturated heterocycles. The molecule has 0 atom stereocenters. The highest BCUT2D eigenvalue weighted by Crippen LogP contribution is 2.25. The van der Waals surface area contributed by atoms with Gasteiger partial charge in [0.1, 0.15) is 5.75 Å². The molecule has 112 valence electrons. The quantitative estimate of drug-likeness (QED) is 0.743. The minimum absolute atomic E-state index is 0.479. The van der Waals surface area contributed by atoms with E-state index in [1.807, 2.05) is 56.3 Å². The van der Waals surface area contributed by atoms with Gasteiger partial charge in [0.15, 0.2) is 0 Å². The number of benzene rings is 2. The minimum atomic E-state index is 0.479. The third-order valence-corrected chi connectivity index (χ3v) is 3.37. The highest BCUT2D eigenvalue weighted by molar-refractivity contribution is 5.64. The Labute approximate surface area is 128 Å². The Morgan fingerprint density at radius 2 is 1.82 bits per heavy atom. The van der Waals surface area contributed by atoms with Crippen molar-refractivity contribution in [2.75, 3.05) is 12.3 Å². The maximum absolute atomic E-state index is 5.83. The van der Waals surface area contributed by atoms with Crippen LogP contribution in [0.5, 0.6) is 5.75 Å². The minimum Gasteiger partial charge on any atom is -0.494 e. The molecule has 0 saturated carbocycles. The third-order valence-electron chi connectivity index (χ3n) is 3.37. The van der Waals surface area contributed by atoms with E-state index in [1.165, 1.54) is 0 Å². The van der Waals surface area contributed by atoms with Gasteiger partial charge in [-0.15, -0.1) is 0 Å². The Hall–Kier alpha value is -2.82. The number of rotatable bonds is 4. The zero-order valence-electron chi connectivity index (χ0n) is 12.5. The van der Waals surface area contributed by atoms with Crippen molar-refractivity contribution in [3.63, 3.8) is 0 Å². The Kier molecular flexibility index (Phi) is 3.78. The predicted octanol–water partition coefficient (Wildman–Crippen LogP) is 3.69. The summed E-state index contributed by atoms with van der Waals surface area (Å²) in [7, 11) is 0. The normalized spacial score (nSPS) is 10.6. The van der Waals surface area contributed by atoms with Crippen LogP contribution in [0.1, 0.15) is 12.5 Å². The summed E-state index contributed by atoms with van der Waals surface area (Å²) >= 11 is 0. The largest absolute Gasteiger partial charge is 0.494 e. The molecule has 0 radical (unpaired) electrons. The number of hydrogen-bond donors (Lipinski definition) is 1. The van der Waals surface area contributed by atoms with Gasteiger partial charge in [0, 0.05) is 16.8 Å². The molecule has 0 unspecified atom stereocenters. The van der Waals surface area contributed by atoms with Crippen LogP contribution in [0.15, 0.2) is 47.0 Å². The first-order chi connectivity index (χ1) is 10.7. The summed E-state index contributed by atoms with van der Waals surface area (Å²) < 4.78 is 10.8. The molecule has 0 aliphatic carbocycles. The first-order valence-corrected chi connectivity index (χ1v) is 7.11. The monoisotopic (exact) mass is 295 g/mol. The first-order valence-electron chi connectivity index (χ1n) is 7.11. The number of hydrogen-bond acceptors (Lipinski definition) is 5. The maximum Gasteiger partial charge on any atom is 0.258 e. The molecule has 5 heteroatoms. The SMILES string of the molecule is CCOc1ccc(-c2nc(-c3ccc(N)c(C)c3)no2)cc1. The lowest BCUT2D eigenvalue weighted by Gasteiger charge is -2.02. The fraction of sp³-hybridized carbons (Fsp3) is 0.176. The number of nitrogens with two attached hydrogens (primary N) is 1. The molecular weight excluding hydrogens is 278 g/mol.